The molecule has 0 aliphatic carbocycles. The zero-order valence-corrected chi connectivity index (χ0v) is 34.6. The van der Waals surface area contributed by atoms with E-state index in [1.807, 2.05) is 84.1 Å². The lowest BCUT2D eigenvalue weighted by atomic mass is 9.94. The lowest BCUT2D eigenvalue weighted by Gasteiger charge is -2.14. The highest BCUT2D eigenvalue weighted by atomic mass is 32.1. The van der Waals surface area contributed by atoms with E-state index in [4.69, 9.17) is 19.4 Å². The molecule has 0 spiro atoms. The van der Waals surface area contributed by atoms with Gasteiger partial charge in [0.05, 0.1) is 11.0 Å². The number of fused-ring (bicyclic) bond motifs is 10. The van der Waals surface area contributed by atoms with Gasteiger partial charge in [0.2, 0.25) is 0 Å². The molecule has 63 heavy (non-hydrogen) atoms. The van der Waals surface area contributed by atoms with Gasteiger partial charge in [0.25, 0.3) is 0 Å². The van der Waals surface area contributed by atoms with Crippen molar-refractivity contribution in [2.45, 2.75) is 0 Å². The van der Waals surface area contributed by atoms with Crippen molar-refractivity contribution in [2.24, 2.45) is 0 Å². The van der Waals surface area contributed by atoms with Crippen LogP contribution in [0.3, 0.4) is 0 Å². The summed E-state index contributed by atoms with van der Waals surface area (Å²) in [6, 6.07) is 72.6. The second kappa shape index (κ2) is 14.2. The number of nitrogens with zero attached hydrogens (tertiary/aromatic N) is 4. The summed E-state index contributed by atoms with van der Waals surface area (Å²) in [4.78, 5) is 15.4. The Morgan fingerprint density at radius 2 is 0.984 bits per heavy atom. The maximum absolute atomic E-state index is 6.64. The molecule has 13 rings (SSSR count). The minimum atomic E-state index is 0.591. The molecule has 9 aromatic carbocycles. The van der Waals surface area contributed by atoms with Crippen molar-refractivity contribution in [3.63, 3.8) is 0 Å². The molecule has 0 amide bonds. The SMILES string of the molecule is c1ccc(-c2nc(-c3ccccc3)nc(-c3cc(-c4cccc(-n5c6ccccc6c6c7sc8ccccc8c7ccc65)c4)cc(-c4cccc5c4oc4ccccc45)c3)n2)cc1. The summed E-state index contributed by atoms with van der Waals surface area (Å²) in [6.45, 7) is 0. The molecule has 13 aromatic rings. The van der Waals surface area contributed by atoms with Crippen molar-refractivity contribution in [1.82, 2.24) is 19.5 Å². The fourth-order valence-electron chi connectivity index (χ4n) is 9.33. The number of benzene rings is 9. The standard InChI is InChI=1S/C57H34N4OS/c1-3-15-35(16-4-1)55-58-56(36-17-5-2-6-18-36)60-57(59-55)40-32-38(31-39(33-40)42-24-14-25-45-43-21-8-11-27-50(43)62-53(42)45)37-19-13-20-41(34-37)61-48-26-10-7-23-47(48)52-49(61)30-29-46-44-22-9-12-28-51(44)63-54(46)52/h1-34H. The van der Waals surface area contributed by atoms with Crippen LogP contribution in [0.15, 0.2) is 211 Å². The average Bonchev–Trinajstić information content (AvgIpc) is 4.04. The van der Waals surface area contributed by atoms with Crippen LogP contribution in [0.2, 0.25) is 0 Å². The van der Waals surface area contributed by atoms with E-state index in [0.717, 1.165) is 66.6 Å². The van der Waals surface area contributed by atoms with Crippen molar-refractivity contribution in [3.8, 4) is 62.1 Å². The molecule has 294 valence electrons. The Morgan fingerprint density at radius 3 is 1.78 bits per heavy atom. The molecule has 6 heteroatoms. The van der Waals surface area contributed by atoms with Crippen LogP contribution in [-0.2, 0) is 0 Å². The van der Waals surface area contributed by atoms with Gasteiger partial charge < -0.3 is 8.98 Å². The van der Waals surface area contributed by atoms with Crippen molar-refractivity contribution in [1.29, 1.82) is 0 Å². The molecule has 4 heterocycles. The second-order valence-corrected chi connectivity index (χ2v) is 17.0. The number of rotatable bonds is 6. The Balaban J connectivity index is 1.05. The van der Waals surface area contributed by atoms with Gasteiger partial charge in [-0.25, -0.2) is 15.0 Å². The zero-order chi connectivity index (χ0) is 41.4. The maximum Gasteiger partial charge on any atom is 0.164 e. The topological polar surface area (TPSA) is 56.7 Å². The molecule has 0 saturated heterocycles. The number of furan rings is 1. The number of thiophene rings is 1. The van der Waals surface area contributed by atoms with Crippen molar-refractivity contribution >= 4 is 75.3 Å². The predicted molar refractivity (Wildman–Crippen MR) is 262 cm³/mol. The Hall–Kier alpha value is -8.19. The molecule has 0 radical (unpaired) electrons. The van der Waals surface area contributed by atoms with Gasteiger partial charge in [-0.3, -0.25) is 0 Å². The Kier molecular flexibility index (Phi) is 8.01. The van der Waals surface area contributed by atoms with Gasteiger partial charge in [0.1, 0.15) is 11.2 Å². The van der Waals surface area contributed by atoms with Gasteiger partial charge in [0, 0.05) is 69.7 Å². The predicted octanol–water partition coefficient (Wildman–Crippen LogP) is 15.6. The van der Waals surface area contributed by atoms with Crippen LogP contribution in [0.4, 0.5) is 0 Å². The zero-order valence-electron chi connectivity index (χ0n) is 33.7. The van der Waals surface area contributed by atoms with Crippen molar-refractivity contribution in [3.05, 3.63) is 206 Å². The van der Waals surface area contributed by atoms with E-state index in [9.17, 15) is 0 Å². The smallest absolute Gasteiger partial charge is 0.164 e. The number of aromatic nitrogens is 4. The van der Waals surface area contributed by atoms with Crippen LogP contribution in [0, 0.1) is 0 Å². The van der Waals surface area contributed by atoms with Crippen LogP contribution < -0.4 is 0 Å². The molecule has 4 aromatic heterocycles. The second-order valence-electron chi connectivity index (χ2n) is 16.0. The third-order valence-electron chi connectivity index (χ3n) is 12.2. The summed E-state index contributed by atoms with van der Waals surface area (Å²) in [5.41, 5.74) is 12.0. The number of para-hydroxylation sites is 3. The molecular formula is C57H34N4OS. The third-order valence-corrected chi connectivity index (χ3v) is 13.4. The summed E-state index contributed by atoms with van der Waals surface area (Å²) < 4.78 is 11.7. The van der Waals surface area contributed by atoms with Gasteiger partial charge in [-0.15, -0.1) is 11.3 Å². The summed E-state index contributed by atoms with van der Waals surface area (Å²) in [7, 11) is 0. The van der Waals surface area contributed by atoms with E-state index in [0.29, 0.717) is 17.5 Å². The summed E-state index contributed by atoms with van der Waals surface area (Å²) in [5.74, 6) is 1.83. The molecular weight excluding hydrogens is 789 g/mol. The molecule has 5 nitrogen and oxygen atoms in total. The van der Waals surface area contributed by atoms with Crippen molar-refractivity contribution in [2.75, 3.05) is 0 Å². The van der Waals surface area contributed by atoms with Crippen LogP contribution in [0.5, 0.6) is 0 Å². The molecule has 0 unspecified atom stereocenters. The maximum atomic E-state index is 6.64. The number of hydrogen-bond acceptors (Lipinski definition) is 5. The van der Waals surface area contributed by atoms with E-state index < -0.39 is 0 Å². The van der Waals surface area contributed by atoms with Crippen molar-refractivity contribution < 1.29 is 4.42 Å². The minimum Gasteiger partial charge on any atom is -0.455 e. The summed E-state index contributed by atoms with van der Waals surface area (Å²) in [6.07, 6.45) is 0. The first-order valence-electron chi connectivity index (χ1n) is 21.1. The highest BCUT2D eigenvalue weighted by Crippen LogP contribution is 2.44. The van der Waals surface area contributed by atoms with Crippen LogP contribution in [-0.4, -0.2) is 19.5 Å². The van der Waals surface area contributed by atoms with Gasteiger partial charge >= 0.3 is 0 Å². The van der Waals surface area contributed by atoms with E-state index in [2.05, 4.69) is 138 Å². The van der Waals surface area contributed by atoms with E-state index in [1.165, 1.54) is 42.0 Å². The fraction of sp³-hybridized carbons (Fsp3) is 0. The lowest BCUT2D eigenvalue weighted by molar-refractivity contribution is 0.670. The quantitative estimate of drug-likeness (QED) is 0.168. The summed E-state index contributed by atoms with van der Waals surface area (Å²) in [5, 5.41) is 7.31. The molecule has 0 aliphatic heterocycles. The molecule has 0 fully saturated rings. The van der Waals surface area contributed by atoms with E-state index >= 15 is 0 Å². The Bertz CT molecular complexity index is 3860. The van der Waals surface area contributed by atoms with Crippen LogP contribution in [0.1, 0.15) is 0 Å². The normalized spacial score (nSPS) is 11.8. The highest BCUT2D eigenvalue weighted by molar-refractivity contribution is 7.26. The largest absolute Gasteiger partial charge is 0.455 e. The van der Waals surface area contributed by atoms with Gasteiger partial charge in [-0.05, 0) is 71.3 Å². The average molecular weight is 823 g/mol. The first-order chi connectivity index (χ1) is 31.2. The molecule has 0 aliphatic rings. The van der Waals surface area contributed by atoms with Gasteiger partial charge in [-0.2, -0.15) is 0 Å². The molecule has 0 saturated carbocycles. The van der Waals surface area contributed by atoms with E-state index in [-0.39, 0.29) is 0 Å². The number of hydrogen-bond donors (Lipinski definition) is 0. The molecule has 0 N–H and O–H groups in total. The minimum absolute atomic E-state index is 0.591. The first-order valence-corrected chi connectivity index (χ1v) is 21.9. The van der Waals surface area contributed by atoms with E-state index in [1.54, 1.807) is 0 Å². The highest BCUT2D eigenvalue weighted by Gasteiger charge is 2.20. The molecule has 0 bridgehead atoms. The monoisotopic (exact) mass is 822 g/mol. The third kappa shape index (κ3) is 5.80. The Morgan fingerprint density at radius 1 is 0.381 bits per heavy atom. The lowest BCUT2D eigenvalue weighted by Crippen LogP contribution is -2.00. The van der Waals surface area contributed by atoms with Gasteiger partial charge in [-0.1, -0.05) is 152 Å². The summed E-state index contributed by atoms with van der Waals surface area (Å²) >= 11 is 1.88. The molecule has 0 atom stereocenters. The Labute approximate surface area is 365 Å². The first kappa shape index (κ1) is 35.6. The fourth-order valence-corrected chi connectivity index (χ4v) is 10.6. The van der Waals surface area contributed by atoms with Crippen LogP contribution >= 0.6 is 11.3 Å². The van der Waals surface area contributed by atoms with Gasteiger partial charge in [0.15, 0.2) is 17.5 Å². The van der Waals surface area contributed by atoms with Crippen LogP contribution in [0.25, 0.3) is 126 Å².